The summed E-state index contributed by atoms with van der Waals surface area (Å²) < 4.78 is 0. The molecule has 0 aromatic heterocycles. The number of aliphatic carboxylic acids is 1. The first kappa shape index (κ1) is 22.2. The van der Waals surface area contributed by atoms with Gasteiger partial charge in [0.15, 0.2) is 0 Å². The van der Waals surface area contributed by atoms with Gasteiger partial charge < -0.3 is 15.3 Å². The molecule has 0 radical (unpaired) electrons. The highest BCUT2D eigenvalue weighted by molar-refractivity contribution is 5.66. The first-order chi connectivity index (χ1) is 12.0. The van der Waals surface area contributed by atoms with Crippen molar-refractivity contribution in [3.8, 4) is 0 Å². The third kappa shape index (κ3) is 10.0. The Bertz CT molecular complexity index is 380. The maximum atomic E-state index is 10.5. The third-order valence-electron chi connectivity index (χ3n) is 5.45. The van der Waals surface area contributed by atoms with Gasteiger partial charge in [-0.05, 0) is 43.9 Å². The molecule has 0 bridgehead atoms. The summed E-state index contributed by atoms with van der Waals surface area (Å²) >= 11 is 0. The van der Waals surface area contributed by atoms with Gasteiger partial charge in [0.05, 0.1) is 12.2 Å². The number of carboxylic acids is 1. The van der Waals surface area contributed by atoms with Gasteiger partial charge in [0, 0.05) is 6.42 Å². The highest BCUT2D eigenvalue weighted by atomic mass is 16.4. The molecule has 1 aliphatic carbocycles. The zero-order valence-corrected chi connectivity index (χ0v) is 15.9. The highest BCUT2D eigenvalue weighted by Gasteiger charge is 2.32. The van der Waals surface area contributed by atoms with Gasteiger partial charge in [0.1, 0.15) is 0 Å². The third-order valence-corrected chi connectivity index (χ3v) is 5.45. The van der Waals surface area contributed by atoms with Crippen molar-refractivity contribution in [3.63, 3.8) is 0 Å². The molecule has 4 atom stereocenters. The van der Waals surface area contributed by atoms with Gasteiger partial charge >= 0.3 is 5.97 Å². The lowest BCUT2D eigenvalue weighted by Crippen LogP contribution is -2.18. The van der Waals surface area contributed by atoms with E-state index in [1.807, 2.05) is 6.08 Å². The van der Waals surface area contributed by atoms with Gasteiger partial charge in [-0.1, -0.05) is 64.0 Å². The number of unbranched alkanes of at least 4 members (excludes halogenated alkanes) is 6. The van der Waals surface area contributed by atoms with Gasteiger partial charge in [-0.15, -0.1) is 0 Å². The molecule has 1 saturated carbocycles. The lowest BCUT2D eigenvalue weighted by molar-refractivity contribution is -0.137. The predicted octanol–water partition coefficient (Wildman–Crippen LogP) is 4.69. The Morgan fingerprint density at radius 2 is 1.80 bits per heavy atom. The molecule has 0 saturated heterocycles. The molecule has 3 N–H and O–H groups in total. The number of aliphatic hydroxyl groups is 2. The molecule has 146 valence electrons. The van der Waals surface area contributed by atoms with E-state index < -0.39 is 5.97 Å². The number of rotatable bonds is 14. The standard InChI is InChI=1S/C21H38O4/c1-2-3-4-7-10-18(22)15-13-17-14-16-20(23)19(17)11-8-5-6-9-12-21(24)25/h13,15,17-20,22-23H,2-12,14,16H2,1H3,(H,24,25). The van der Waals surface area contributed by atoms with Crippen LogP contribution in [0.5, 0.6) is 0 Å². The number of carboxylic acid groups (broad SMARTS) is 1. The zero-order chi connectivity index (χ0) is 18.5. The smallest absolute Gasteiger partial charge is 0.303 e. The number of hydrogen-bond acceptors (Lipinski definition) is 3. The van der Waals surface area contributed by atoms with Crippen LogP contribution in [0, 0.1) is 11.8 Å². The lowest BCUT2D eigenvalue weighted by atomic mass is 9.88. The van der Waals surface area contributed by atoms with E-state index in [9.17, 15) is 15.0 Å². The molecule has 1 fully saturated rings. The van der Waals surface area contributed by atoms with Crippen LogP contribution in [0.3, 0.4) is 0 Å². The molecule has 4 nitrogen and oxygen atoms in total. The Morgan fingerprint density at radius 3 is 2.52 bits per heavy atom. The van der Waals surface area contributed by atoms with Crippen molar-refractivity contribution in [1.29, 1.82) is 0 Å². The second kappa shape index (κ2) is 13.3. The summed E-state index contributed by atoms with van der Waals surface area (Å²) in [6, 6.07) is 0. The number of hydrogen-bond donors (Lipinski definition) is 3. The van der Waals surface area contributed by atoms with Crippen LogP contribution in [0.2, 0.25) is 0 Å². The lowest BCUT2D eigenvalue weighted by Gasteiger charge is -2.20. The second-order valence-corrected chi connectivity index (χ2v) is 7.62. The van der Waals surface area contributed by atoms with Gasteiger partial charge in [-0.3, -0.25) is 4.79 Å². The Hall–Kier alpha value is -0.870. The molecule has 0 spiro atoms. The molecule has 4 heteroatoms. The number of carbonyl (C=O) groups is 1. The average Bonchev–Trinajstić information content (AvgIpc) is 2.93. The summed E-state index contributed by atoms with van der Waals surface area (Å²) in [5.41, 5.74) is 0. The fourth-order valence-electron chi connectivity index (χ4n) is 3.88. The van der Waals surface area contributed by atoms with Crippen LogP contribution in [0.25, 0.3) is 0 Å². The van der Waals surface area contributed by atoms with Crippen LogP contribution in [0.4, 0.5) is 0 Å². The Morgan fingerprint density at radius 1 is 1.08 bits per heavy atom. The van der Waals surface area contributed by atoms with Crippen LogP contribution in [-0.4, -0.2) is 33.5 Å². The quantitative estimate of drug-likeness (QED) is 0.312. The summed E-state index contributed by atoms with van der Waals surface area (Å²) in [6.45, 7) is 2.19. The van der Waals surface area contributed by atoms with Gasteiger partial charge in [-0.25, -0.2) is 0 Å². The molecular weight excluding hydrogens is 316 g/mol. The molecule has 0 aromatic rings. The maximum Gasteiger partial charge on any atom is 0.303 e. The number of aliphatic hydroxyl groups excluding tert-OH is 2. The second-order valence-electron chi connectivity index (χ2n) is 7.62. The van der Waals surface area contributed by atoms with E-state index in [1.165, 1.54) is 19.3 Å². The van der Waals surface area contributed by atoms with Crippen LogP contribution in [0.15, 0.2) is 12.2 Å². The van der Waals surface area contributed by atoms with Crippen molar-refractivity contribution in [1.82, 2.24) is 0 Å². The SMILES string of the molecule is CCCCCCC(O)C=CC1CCC(O)C1CCCCCCC(=O)O. The zero-order valence-electron chi connectivity index (χ0n) is 15.9. The fraction of sp³-hybridized carbons (Fsp3) is 0.857. The van der Waals surface area contributed by atoms with Gasteiger partial charge in [0.2, 0.25) is 0 Å². The Labute approximate surface area is 153 Å². The summed E-state index contributed by atoms with van der Waals surface area (Å²) in [6.07, 6.45) is 15.9. The van der Waals surface area contributed by atoms with E-state index in [1.54, 1.807) is 0 Å². The van der Waals surface area contributed by atoms with E-state index >= 15 is 0 Å². The van der Waals surface area contributed by atoms with Crippen molar-refractivity contribution in [2.75, 3.05) is 0 Å². The molecule has 0 aliphatic heterocycles. The van der Waals surface area contributed by atoms with Crippen molar-refractivity contribution in [2.24, 2.45) is 11.8 Å². The minimum absolute atomic E-state index is 0.227. The summed E-state index contributed by atoms with van der Waals surface area (Å²) in [5, 5.41) is 28.9. The molecule has 0 aromatic carbocycles. The molecule has 1 aliphatic rings. The van der Waals surface area contributed by atoms with Crippen LogP contribution in [-0.2, 0) is 4.79 Å². The van der Waals surface area contributed by atoms with E-state index in [0.717, 1.165) is 57.8 Å². The van der Waals surface area contributed by atoms with Crippen molar-refractivity contribution >= 4 is 5.97 Å². The summed E-state index contributed by atoms with van der Waals surface area (Å²) in [7, 11) is 0. The molecule has 1 rings (SSSR count). The summed E-state index contributed by atoms with van der Waals surface area (Å²) in [5.74, 6) is -0.0491. The number of allylic oxidation sites excluding steroid dienone is 1. The average molecular weight is 355 g/mol. The van der Waals surface area contributed by atoms with Crippen LogP contribution >= 0.6 is 0 Å². The van der Waals surface area contributed by atoms with E-state index in [0.29, 0.717) is 11.8 Å². The Kier molecular flexibility index (Phi) is 11.8. The van der Waals surface area contributed by atoms with Crippen LogP contribution in [0.1, 0.15) is 90.4 Å². The first-order valence-electron chi connectivity index (χ1n) is 10.3. The van der Waals surface area contributed by atoms with Crippen LogP contribution < -0.4 is 0 Å². The largest absolute Gasteiger partial charge is 0.481 e. The normalized spacial score (nSPS) is 24.8. The fourth-order valence-corrected chi connectivity index (χ4v) is 3.88. The van der Waals surface area contributed by atoms with E-state index in [2.05, 4.69) is 13.0 Å². The molecule has 25 heavy (non-hydrogen) atoms. The van der Waals surface area contributed by atoms with Gasteiger partial charge in [-0.2, -0.15) is 0 Å². The van der Waals surface area contributed by atoms with Crippen molar-refractivity contribution < 1.29 is 20.1 Å². The topological polar surface area (TPSA) is 77.8 Å². The van der Waals surface area contributed by atoms with Crippen molar-refractivity contribution in [2.45, 2.75) is 103 Å². The van der Waals surface area contributed by atoms with Gasteiger partial charge in [0.25, 0.3) is 0 Å². The van der Waals surface area contributed by atoms with Crippen molar-refractivity contribution in [3.05, 3.63) is 12.2 Å². The predicted molar refractivity (Wildman–Crippen MR) is 101 cm³/mol. The van der Waals surface area contributed by atoms with E-state index in [-0.39, 0.29) is 18.6 Å². The summed E-state index contributed by atoms with van der Waals surface area (Å²) in [4.78, 5) is 10.5. The minimum atomic E-state index is -0.718. The highest BCUT2D eigenvalue weighted by Crippen LogP contribution is 2.36. The molecule has 4 unspecified atom stereocenters. The first-order valence-corrected chi connectivity index (χ1v) is 10.3. The maximum absolute atomic E-state index is 10.5. The molecule has 0 heterocycles. The minimum Gasteiger partial charge on any atom is -0.481 e. The molecular formula is C21H38O4. The van der Waals surface area contributed by atoms with E-state index in [4.69, 9.17) is 5.11 Å². The molecule has 0 amide bonds. The Balaban J connectivity index is 2.25. The monoisotopic (exact) mass is 354 g/mol.